The van der Waals surface area contributed by atoms with E-state index in [0.717, 1.165) is 35.5 Å². The van der Waals surface area contributed by atoms with Gasteiger partial charge < -0.3 is 4.74 Å². The fourth-order valence-corrected chi connectivity index (χ4v) is 6.76. The number of ether oxygens (including phenoxy) is 1. The summed E-state index contributed by atoms with van der Waals surface area (Å²) in [6.45, 7) is 0. The van der Waals surface area contributed by atoms with E-state index in [9.17, 15) is 9.59 Å². The minimum absolute atomic E-state index is 0.0182. The maximum absolute atomic E-state index is 11.8. The quantitative estimate of drug-likeness (QED) is 0.442. The number of rotatable bonds is 0. The molecule has 0 radical (unpaired) electrons. The first-order valence-electron chi connectivity index (χ1n) is 6.54. The van der Waals surface area contributed by atoms with Gasteiger partial charge in [-0.2, -0.15) is 0 Å². The van der Waals surface area contributed by atoms with E-state index in [0.29, 0.717) is 11.8 Å². The smallest absolute Gasteiger partial charge is 0.317 e. The molecule has 8 aliphatic rings. The highest BCUT2D eigenvalue weighted by molar-refractivity contribution is 5.97. The number of carbonyl (C=O) groups is 2. The van der Waals surface area contributed by atoms with Crippen LogP contribution in [-0.4, -0.2) is 11.9 Å². The summed E-state index contributed by atoms with van der Waals surface area (Å²) in [6.07, 6.45) is 1.42. The highest BCUT2D eigenvalue weighted by atomic mass is 16.6. The summed E-state index contributed by atoms with van der Waals surface area (Å²) in [7, 11) is 0. The molecule has 16 heavy (non-hydrogen) atoms. The predicted molar refractivity (Wildman–Crippen MR) is 50.6 cm³/mol. The summed E-state index contributed by atoms with van der Waals surface area (Å²) in [5.74, 6) is 5.72. The van der Waals surface area contributed by atoms with Gasteiger partial charge in [-0.25, -0.2) is 0 Å². The van der Waals surface area contributed by atoms with Crippen molar-refractivity contribution in [2.75, 3.05) is 0 Å². The van der Waals surface area contributed by atoms with Gasteiger partial charge in [0, 0.05) is 0 Å². The van der Waals surface area contributed by atoms with Gasteiger partial charge in [-0.3, -0.25) is 9.59 Å². The van der Waals surface area contributed by atoms with Crippen molar-refractivity contribution >= 4 is 11.9 Å². The third-order valence-electron chi connectivity index (χ3n) is 6.87. The van der Waals surface area contributed by atoms with E-state index in [4.69, 9.17) is 4.74 Å². The molecule has 3 heteroatoms. The molecule has 0 aromatic rings. The Balaban J connectivity index is 1.62. The first-order valence-corrected chi connectivity index (χ1v) is 6.54. The fourth-order valence-electron chi connectivity index (χ4n) is 6.76. The molecular weight excluding hydrogens is 204 g/mol. The zero-order valence-electron chi connectivity index (χ0n) is 8.71. The van der Waals surface area contributed by atoms with Gasteiger partial charge in [0.25, 0.3) is 0 Å². The topological polar surface area (TPSA) is 43.4 Å². The Kier molecular flexibility index (Phi) is 0.826. The molecule has 1 heterocycles. The molecule has 0 aromatic carbocycles. The lowest BCUT2D eigenvalue weighted by Gasteiger charge is -2.40. The van der Waals surface area contributed by atoms with Crippen LogP contribution in [0, 0.1) is 59.2 Å². The van der Waals surface area contributed by atoms with Gasteiger partial charge in [-0.05, 0) is 53.8 Å². The molecule has 0 spiro atoms. The third-order valence-corrected chi connectivity index (χ3v) is 6.87. The summed E-state index contributed by atoms with van der Waals surface area (Å²) in [5, 5.41) is 0. The average Bonchev–Trinajstić information content (AvgIpc) is 3.15. The van der Waals surface area contributed by atoms with Crippen molar-refractivity contribution in [1.29, 1.82) is 0 Å². The molecule has 0 aromatic heterocycles. The molecule has 1 aliphatic heterocycles. The largest absolute Gasteiger partial charge is 0.393 e. The van der Waals surface area contributed by atoms with Gasteiger partial charge in [0.15, 0.2) is 0 Å². The normalized spacial score (nSPS) is 74.8. The van der Waals surface area contributed by atoms with Crippen LogP contribution in [0.4, 0.5) is 0 Å². The summed E-state index contributed by atoms with van der Waals surface area (Å²) in [4.78, 5) is 23.6. The van der Waals surface area contributed by atoms with Crippen molar-refractivity contribution in [1.82, 2.24) is 0 Å². The van der Waals surface area contributed by atoms with Crippen molar-refractivity contribution in [2.45, 2.75) is 6.42 Å². The van der Waals surface area contributed by atoms with Crippen LogP contribution in [0.3, 0.4) is 0 Å². The molecule has 7 aliphatic carbocycles. The van der Waals surface area contributed by atoms with E-state index < -0.39 is 0 Å². The average molecular weight is 216 g/mol. The Labute approximate surface area is 92.5 Å². The second-order valence-corrected chi connectivity index (χ2v) is 6.82. The first-order chi connectivity index (χ1) is 7.79. The molecule has 0 amide bonds. The van der Waals surface area contributed by atoms with Crippen LogP contribution >= 0.6 is 0 Å². The van der Waals surface area contributed by atoms with E-state index in [-0.39, 0.29) is 23.8 Å². The van der Waals surface area contributed by atoms with Crippen molar-refractivity contribution in [2.24, 2.45) is 59.2 Å². The van der Waals surface area contributed by atoms with Crippen molar-refractivity contribution in [3.63, 3.8) is 0 Å². The van der Waals surface area contributed by atoms with Crippen LogP contribution in [-0.2, 0) is 14.3 Å². The SMILES string of the molecule is O=C1OC(=O)[C@H]2C3C4C5CC6C(C63)C(C54)[C@@H]12. The number of hydrogen-bond donors (Lipinski definition) is 0. The highest BCUT2D eigenvalue weighted by Crippen LogP contribution is 2.87. The lowest BCUT2D eigenvalue weighted by molar-refractivity contribution is -0.154. The molecule has 82 valence electrons. The second-order valence-electron chi connectivity index (χ2n) is 6.82. The Morgan fingerprint density at radius 2 is 1.19 bits per heavy atom. The van der Waals surface area contributed by atoms with Gasteiger partial charge in [-0.15, -0.1) is 0 Å². The predicted octanol–water partition coefficient (Wildman–Crippen LogP) is 0.690. The molecule has 8 rings (SSSR count). The second kappa shape index (κ2) is 1.77. The Bertz CT molecular complexity index is 422. The van der Waals surface area contributed by atoms with Crippen LogP contribution in [0.2, 0.25) is 0 Å². The molecule has 8 fully saturated rings. The van der Waals surface area contributed by atoms with Crippen LogP contribution in [0.25, 0.3) is 0 Å². The molecular formula is C13H12O3. The van der Waals surface area contributed by atoms with Gasteiger partial charge in [0.1, 0.15) is 0 Å². The van der Waals surface area contributed by atoms with Crippen LogP contribution < -0.4 is 0 Å². The molecule has 1 saturated heterocycles. The Morgan fingerprint density at radius 3 is 1.62 bits per heavy atom. The molecule has 6 unspecified atom stereocenters. The van der Waals surface area contributed by atoms with E-state index in [1.54, 1.807) is 0 Å². The summed E-state index contributed by atoms with van der Waals surface area (Å²) in [5.41, 5.74) is 0. The zero-order chi connectivity index (χ0) is 10.3. The molecule has 3 nitrogen and oxygen atoms in total. The third kappa shape index (κ3) is 0.486. The number of esters is 2. The Hall–Kier alpha value is -0.860. The fraction of sp³-hybridized carbons (Fsp3) is 0.846. The van der Waals surface area contributed by atoms with Crippen LogP contribution in [0.1, 0.15) is 6.42 Å². The van der Waals surface area contributed by atoms with E-state index in [2.05, 4.69) is 0 Å². The van der Waals surface area contributed by atoms with Crippen LogP contribution in [0.5, 0.6) is 0 Å². The summed E-state index contributed by atoms with van der Waals surface area (Å²) < 4.78 is 4.90. The minimum Gasteiger partial charge on any atom is -0.393 e. The first kappa shape index (κ1) is 7.46. The number of cyclic esters (lactones) is 2. The van der Waals surface area contributed by atoms with Crippen molar-refractivity contribution in [3.8, 4) is 0 Å². The maximum Gasteiger partial charge on any atom is 0.317 e. The van der Waals surface area contributed by atoms with Crippen LogP contribution in [0.15, 0.2) is 0 Å². The standard InChI is InChI=1S/C13H12O3/c14-12-10-8-4-2-1-3-6(8)7(3)9(5(2)4)11(10)13(15)16-12/h2-11H,1H2/t2?,3?,4?,5?,6?,7?,8?,9?,10-,11+. The van der Waals surface area contributed by atoms with E-state index >= 15 is 0 Å². The Morgan fingerprint density at radius 1 is 0.750 bits per heavy atom. The van der Waals surface area contributed by atoms with Gasteiger partial charge in [0.2, 0.25) is 0 Å². The van der Waals surface area contributed by atoms with Gasteiger partial charge in [-0.1, -0.05) is 0 Å². The number of carbonyl (C=O) groups excluding carboxylic acids is 2. The molecule has 0 N–H and O–H groups in total. The van der Waals surface area contributed by atoms with Crippen molar-refractivity contribution in [3.05, 3.63) is 0 Å². The van der Waals surface area contributed by atoms with Gasteiger partial charge >= 0.3 is 11.9 Å². The lowest BCUT2D eigenvalue weighted by Crippen LogP contribution is -2.45. The molecule has 7 saturated carbocycles. The van der Waals surface area contributed by atoms with Crippen molar-refractivity contribution < 1.29 is 14.3 Å². The monoisotopic (exact) mass is 216 g/mol. The molecule has 8 bridgehead atoms. The minimum atomic E-state index is -0.180. The number of hydrogen-bond acceptors (Lipinski definition) is 3. The highest BCUT2D eigenvalue weighted by Gasteiger charge is 2.86. The maximum atomic E-state index is 11.8. The summed E-state index contributed by atoms with van der Waals surface area (Å²) >= 11 is 0. The van der Waals surface area contributed by atoms with Gasteiger partial charge in [0.05, 0.1) is 11.8 Å². The summed E-state index contributed by atoms with van der Waals surface area (Å²) in [6, 6.07) is 0. The van der Waals surface area contributed by atoms with E-state index in [1.165, 1.54) is 6.42 Å². The lowest BCUT2D eigenvalue weighted by atomic mass is 9.59. The molecule has 8 atom stereocenters. The zero-order valence-corrected chi connectivity index (χ0v) is 8.71. The van der Waals surface area contributed by atoms with E-state index in [1.807, 2.05) is 0 Å².